The zero-order valence-electron chi connectivity index (χ0n) is 10.4. The van der Waals surface area contributed by atoms with Crippen LogP contribution in [0.2, 0.25) is 0 Å². The number of nitrogens with one attached hydrogen (secondary N) is 1. The number of rotatable bonds is 2. The average Bonchev–Trinajstić information content (AvgIpc) is 3.00. The van der Waals surface area contributed by atoms with Crippen LogP contribution < -0.4 is 5.32 Å². The summed E-state index contributed by atoms with van der Waals surface area (Å²) < 4.78 is 2.18. The van der Waals surface area contributed by atoms with Gasteiger partial charge in [-0.3, -0.25) is 4.68 Å². The van der Waals surface area contributed by atoms with Crippen molar-refractivity contribution in [3.05, 3.63) is 23.5 Å². The number of aromatic nitrogens is 2. The molecule has 0 amide bonds. The standard InChI is InChI=1S/C14H21N3/c1-2-6-14(5-1)17-9-7-13(16-17)10-12-4-3-8-15-11-12/h7,9-10,14-15H,1-6,8,11H2. The predicted molar refractivity (Wildman–Crippen MR) is 69.8 cm³/mol. The maximum absolute atomic E-state index is 4.70. The normalized spacial score (nSPS) is 24.6. The Morgan fingerprint density at radius 2 is 2.18 bits per heavy atom. The Balaban J connectivity index is 1.71. The smallest absolute Gasteiger partial charge is 0.0851 e. The Bertz CT molecular complexity index is 391. The van der Waals surface area contributed by atoms with Gasteiger partial charge in [0.2, 0.25) is 0 Å². The van der Waals surface area contributed by atoms with E-state index in [0.29, 0.717) is 6.04 Å². The Morgan fingerprint density at radius 3 is 2.94 bits per heavy atom. The van der Waals surface area contributed by atoms with E-state index in [-0.39, 0.29) is 0 Å². The average molecular weight is 231 g/mol. The number of piperidine rings is 1. The summed E-state index contributed by atoms with van der Waals surface area (Å²) in [7, 11) is 0. The zero-order chi connectivity index (χ0) is 11.5. The lowest BCUT2D eigenvalue weighted by Gasteiger charge is -2.14. The van der Waals surface area contributed by atoms with E-state index in [1.54, 1.807) is 0 Å². The molecule has 2 heterocycles. The van der Waals surface area contributed by atoms with Gasteiger partial charge in [0.1, 0.15) is 0 Å². The Hall–Kier alpha value is -1.09. The fourth-order valence-electron chi connectivity index (χ4n) is 2.91. The molecule has 1 N–H and O–H groups in total. The van der Waals surface area contributed by atoms with Gasteiger partial charge in [0.05, 0.1) is 11.7 Å². The summed E-state index contributed by atoms with van der Waals surface area (Å²) in [6, 6.07) is 2.81. The molecule has 1 aromatic heterocycles. The molecule has 2 fully saturated rings. The van der Waals surface area contributed by atoms with E-state index >= 15 is 0 Å². The van der Waals surface area contributed by atoms with Gasteiger partial charge in [0.15, 0.2) is 0 Å². The third-order valence-corrected chi connectivity index (χ3v) is 3.88. The highest BCUT2D eigenvalue weighted by Gasteiger charge is 2.17. The van der Waals surface area contributed by atoms with E-state index in [2.05, 4.69) is 28.3 Å². The monoisotopic (exact) mass is 231 g/mol. The number of hydrogen-bond acceptors (Lipinski definition) is 2. The largest absolute Gasteiger partial charge is 0.313 e. The molecule has 0 atom stereocenters. The van der Waals surface area contributed by atoms with Crippen LogP contribution in [-0.4, -0.2) is 22.9 Å². The number of hydrogen-bond donors (Lipinski definition) is 1. The minimum absolute atomic E-state index is 0.659. The summed E-state index contributed by atoms with van der Waals surface area (Å²) >= 11 is 0. The summed E-state index contributed by atoms with van der Waals surface area (Å²) in [6.07, 6.45) is 12.2. The first-order valence-electron chi connectivity index (χ1n) is 6.87. The van der Waals surface area contributed by atoms with Crippen LogP contribution >= 0.6 is 0 Å². The van der Waals surface area contributed by atoms with Crippen molar-refractivity contribution in [2.45, 2.75) is 44.6 Å². The second-order valence-electron chi connectivity index (χ2n) is 5.24. The second kappa shape index (κ2) is 5.05. The van der Waals surface area contributed by atoms with E-state index in [1.807, 2.05) is 0 Å². The van der Waals surface area contributed by atoms with Gasteiger partial charge >= 0.3 is 0 Å². The third kappa shape index (κ3) is 2.60. The van der Waals surface area contributed by atoms with E-state index in [1.165, 1.54) is 44.1 Å². The maximum atomic E-state index is 4.70. The fourth-order valence-corrected chi connectivity index (χ4v) is 2.91. The Kier molecular flexibility index (Phi) is 3.27. The highest BCUT2D eigenvalue weighted by atomic mass is 15.3. The highest BCUT2D eigenvalue weighted by Crippen LogP contribution is 2.28. The van der Waals surface area contributed by atoms with Crippen LogP contribution in [0.4, 0.5) is 0 Å². The molecule has 0 radical (unpaired) electrons. The molecule has 2 aliphatic rings. The SMILES string of the molecule is C(=C1CCCNC1)c1ccn(C2CCCC2)n1. The van der Waals surface area contributed by atoms with E-state index in [0.717, 1.165) is 18.8 Å². The first-order valence-corrected chi connectivity index (χ1v) is 6.87. The molecular formula is C14H21N3. The predicted octanol–water partition coefficient (Wildman–Crippen LogP) is 2.77. The van der Waals surface area contributed by atoms with E-state index < -0.39 is 0 Å². The first-order chi connectivity index (χ1) is 8.42. The summed E-state index contributed by atoms with van der Waals surface area (Å²) in [5, 5.41) is 8.11. The van der Waals surface area contributed by atoms with Crippen LogP contribution in [-0.2, 0) is 0 Å². The molecule has 1 saturated heterocycles. The van der Waals surface area contributed by atoms with Crippen LogP contribution in [0.1, 0.15) is 50.3 Å². The van der Waals surface area contributed by atoms with Crippen molar-refractivity contribution >= 4 is 6.08 Å². The van der Waals surface area contributed by atoms with Crippen molar-refractivity contribution < 1.29 is 0 Å². The lowest BCUT2D eigenvalue weighted by molar-refractivity contribution is 0.466. The molecule has 0 aromatic carbocycles. The summed E-state index contributed by atoms with van der Waals surface area (Å²) in [4.78, 5) is 0. The molecule has 92 valence electrons. The molecule has 3 heteroatoms. The van der Waals surface area contributed by atoms with Gasteiger partial charge in [0, 0.05) is 12.7 Å². The lowest BCUT2D eigenvalue weighted by atomic mass is 10.1. The van der Waals surface area contributed by atoms with E-state index in [4.69, 9.17) is 5.10 Å². The quantitative estimate of drug-likeness (QED) is 0.848. The van der Waals surface area contributed by atoms with Gasteiger partial charge < -0.3 is 5.32 Å². The molecule has 3 rings (SSSR count). The van der Waals surface area contributed by atoms with Crippen molar-refractivity contribution in [3.63, 3.8) is 0 Å². The highest BCUT2D eigenvalue weighted by molar-refractivity contribution is 5.49. The van der Waals surface area contributed by atoms with Crippen LogP contribution in [0.3, 0.4) is 0 Å². The minimum atomic E-state index is 0.659. The van der Waals surface area contributed by atoms with Gasteiger partial charge in [-0.2, -0.15) is 5.10 Å². The van der Waals surface area contributed by atoms with Crippen molar-refractivity contribution in [1.29, 1.82) is 0 Å². The fraction of sp³-hybridized carbons (Fsp3) is 0.643. The molecule has 1 aliphatic heterocycles. The van der Waals surface area contributed by atoms with Gasteiger partial charge in [0.25, 0.3) is 0 Å². The summed E-state index contributed by atoms with van der Waals surface area (Å²) in [6.45, 7) is 2.20. The van der Waals surface area contributed by atoms with Crippen molar-refractivity contribution in [3.8, 4) is 0 Å². The Morgan fingerprint density at radius 1 is 1.29 bits per heavy atom. The molecule has 0 unspecified atom stereocenters. The molecule has 1 aliphatic carbocycles. The lowest BCUT2D eigenvalue weighted by Crippen LogP contribution is -2.23. The van der Waals surface area contributed by atoms with Crippen LogP contribution in [0.15, 0.2) is 17.8 Å². The second-order valence-corrected chi connectivity index (χ2v) is 5.24. The van der Waals surface area contributed by atoms with Gasteiger partial charge in [-0.25, -0.2) is 0 Å². The molecule has 3 nitrogen and oxygen atoms in total. The first kappa shape index (κ1) is 11.0. The molecular weight excluding hydrogens is 210 g/mol. The van der Waals surface area contributed by atoms with Gasteiger partial charge in [-0.15, -0.1) is 0 Å². The molecule has 0 spiro atoms. The third-order valence-electron chi connectivity index (χ3n) is 3.88. The van der Waals surface area contributed by atoms with Gasteiger partial charge in [-0.05, 0) is 44.4 Å². The summed E-state index contributed by atoms with van der Waals surface area (Å²) in [5.41, 5.74) is 2.63. The minimum Gasteiger partial charge on any atom is -0.313 e. The molecule has 1 saturated carbocycles. The zero-order valence-corrected chi connectivity index (χ0v) is 10.4. The maximum Gasteiger partial charge on any atom is 0.0851 e. The summed E-state index contributed by atoms with van der Waals surface area (Å²) in [5.74, 6) is 0. The molecule has 0 bridgehead atoms. The van der Waals surface area contributed by atoms with Crippen LogP contribution in [0, 0.1) is 0 Å². The van der Waals surface area contributed by atoms with Crippen LogP contribution in [0.5, 0.6) is 0 Å². The Labute approximate surface area is 103 Å². The van der Waals surface area contributed by atoms with Gasteiger partial charge in [-0.1, -0.05) is 18.4 Å². The van der Waals surface area contributed by atoms with Crippen LogP contribution in [0.25, 0.3) is 6.08 Å². The van der Waals surface area contributed by atoms with Crippen molar-refractivity contribution in [2.24, 2.45) is 0 Å². The molecule has 17 heavy (non-hydrogen) atoms. The number of nitrogens with zero attached hydrogens (tertiary/aromatic N) is 2. The van der Waals surface area contributed by atoms with Crippen molar-refractivity contribution in [1.82, 2.24) is 15.1 Å². The van der Waals surface area contributed by atoms with Crippen molar-refractivity contribution in [2.75, 3.05) is 13.1 Å². The van der Waals surface area contributed by atoms with E-state index in [9.17, 15) is 0 Å². The topological polar surface area (TPSA) is 29.9 Å². The molecule has 1 aromatic rings.